The second-order valence-corrected chi connectivity index (χ2v) is 9.50. The topological polar surface area (TPSA) is 106 Å². The van der Waals surface area contributed by atoms with Gasteiger partial charge in [0, 0.05) is 20.8 Å². The van der Waals surface area contributed by atoms with Crippen LogP contribution in [0.1, 0.15) is 20.8 Å². The number of nitrogens with one attached hydrogen (secondary N) is 2. The fourth-order valence-electron chi connectivity index (χ4n) is 3.22. The van der Waals surface area contributed by atoms with Crippen molar-refractivity contribution >= 4 is 74.3 Å². The molecule has 0 unspecified atom stereocenters. The van der Waals surface area contributed by atoms with Gasteiger partial charge in [-0.05, 0) is 54.4 Å². The van der Waals surface area contributed by atoms with Crippen LogP contribution in [0.5, 0.6) is 11.5 Å². The van der Waals surface area contributed by atoms with Crippen LogP contribution in [0, 0.1) is 6.92 Å². The van der Waals surface area contributed by atoms with Gasteiger partial charge in [-0.2, -0.15) is 5.10 Å². The van der Waals surface area contributed by atoms with E-state index in [2.05, 4.69) is 15.8 Å². The summed E-state index contributed by atoms with van der Waals surface area (Å²) in [5.74, 6) is -2.05. The maximum Gasteiger partial charge on any atom is 0.355 e. The van der Waals surface area contributed by atoms with Crippen LogP contribution in [0.4, 0.5) is 5.69 Å². The van der Waals surface area contributed by atoms with Gasteiger partial charge in [0.2, 0.25) is 0 Å². The molecular weight excluding hydrogens is 537 g/mol. The Labute approximate surface area is 225 Å². The number of hydrazone groups is 1. The average Bonchev–Trinajstić information content (AvgIpc) is 3.23. The molecule has 8 nitrogen and oxygen atoms in total. The minimum absolute atomic E-state index is 0.179. The molecule has 2 N–H and O–H groups in total. The normalized spacial score (nSPS) is 10.9. The molecule has 1 aromatic heterocycles. The number of rotatable bonds is 6. The number of carbonyl (C=O) groups excluding carboxylic acids is 3. The van der Waals surface area contributed by atoms with E-state index >= 15 is 0 Å². The number of anilines is 1. The third-order valence-electron chi connectivity index (χ3n) is 5.13. The molecule has 37 heavy (non-hydrogen) atoms. The Bertz CT molecular complexity index is 1550. The minimum atomic E-state index is -0.967. The number of carbonyl (C=O) groups is 3. The number of nitrogens with zero attached hydrogens (tertiary/aromatic N) is 1. The van der Waals surface area contributed by atoms with E-state index in [9.17, 15) is 14.4 Å². The van der Waals surface area contributed by atoms with Crippen LogP contribution in [-0.2, 0) is 9.59 Å². The van der Waals surface area contributed by atoms with E-state index < -0.39 is 17.8 Å². The summed E-state index contributed by atoms with van der Waals surface area (Å²) in [7, 11) is 1.42. The summed E-state index contributed by atoms with van der Waals surface area (Å²) < 4.78 is 11.7. The van der Waals surface area contributed by atoms with Crippen LogP contribution in [0.3, 0.4) is 0 Å². The molecule has 0 fully saturated rings. The molecule has 0 aliphatic rings. The highest BCUT2D eigenvalue weighted by Crippen LogP contribution is 2.37. The van der Waals surface area contributed by atoms with Crippen molar-refractivity contribution < 1.29 is 23.9 Å². The fraction of sp³-hybridized carbons (Fsp3) is 0.0769. The molecule has 3 aromatic carbocycles. The van der Waals surface area contributed by atoms with Crippen LogP contribution in [0.25, 0.3) is 10.1 Å². The van der Waals surface area contributed by atoms with E-state index in [1.54, 1.807) is 30.3 Å². The van der Waals surface area contributed by atoms with E-state index in [4.69, 9.17) is 32.7 Å². The van der Waals surface area contributed by atoms with Gasteiger partial charge < -0.3 is 14.8 Å². The lowest BCUT2D eigenvalue weighted by Crippen LogP contribution is -2.32. The van der Waals surface area contributed by atoms with Gasteiger partial charge in [-0.15, -0.1) is 11.3 Å². The summed E-state index contributed by atoms with van der Waals surface area (Å²) in [4.78, 5) is 37.2. The fourth-order valence-corrected chi connectivity index (χ4v) is 4.78. The summed E-state index contributed by atoms with van der Waals surface area (Å²) in [6, 6.07) is 17.0. The zero-order valence-corrected chi connectivity index (χ0v) is 21.8. The molecule has 4 rings (SSSR count). The van der Waals surface area contributed by atoms with E-state index in [0.29, 0.717) is 21.3 Å². The van der Waals surface area contributed by atoms with Gasteiger partial charge in [-0.25, -0.2) is 10.2 Å². The molecule has 0 radical (unpaired) electrons. The summed E-state index contributed by atoms with van der Waals surface area (Å²) >= 11 is 13.6. The molecule has 1 heterocycles. The number of aryl methyl sites for hydroxylation is 1. The number of benzene rings is 3. The molecule has 0 atom stereocenters. The Morgan fingerprint density at radius 1 is 0.973 bits per heavy atom. The minimum Gasteiger partial charge on any atom is -0.493 e. The second-order valence-electron chi connectivity index (χ2n) is 7.66. The van der Waals surface area contributed by atoms with Crippen LogP contribution < -0.4 is 20.2 Å². The summed E-state index contributed by atoms with van der Waals surface area (Å²) in [5, 5.41) is 7.81. The molecule has 188 valence electrons. The molecule has 11 heteroatoms. The molecule has 0 spiro atoms. The predicted molar refractivity (Wildman–Crippen MR) is 145 cm³/mol. The number of fused-ring (bicyclic) bond motifs is 1. The van der Waals surface area contributed by atoms with Crippen molar-refractivity contribution in [2.75, 3.05) is 12.4 Å². The van der Waals surface area contributed by atoms with Crippen molar-refractivity contribution in [1.82, 2.24) is 5.43 Å². The molecule has 0 saturated carbocycles. The van der Waals surface area contributed by atoms with Crippen molar-refractivity contribution in [3.8, 4) is 11.5 Å². The quantitative estimate of drug-likeness (QED) is 0.102. The van der Waals surface area contributed by atoms with E-state index in [1.807, 2.05) is 31.2 Å². The third-order valence-corrected chi connectivity index (χ3v) is 7.19. The first-order valence-corrected chi connectivity index (χ1v) is 12.3. The van der Waals surface area contributed by atoms with Crippen molar-refractivity contribution in [3.05, 3.63) is 86.7 Å². The van der Waals surface area contributed by atoms with Crippen molar-refractivity contribution in [2.45, 2.75) is 6.92 Å². The van der Waals surface area contributed by atoms with Gasteiger partial charge in [0.05, 0.1) is 18.3 Å². The van der Waals surface area contributed by atoms with E-state index in [1.165, 1.54) is 30.7 Å². The Balaban J connectivity index is 1.39. The number of ether oxygens (including phenoxy) is 2. The van der Waals surface area contributed by atoms with Gasteiger partial charge in [-0.1, -0.05) is 47.5 Å². The monoisotopic (exact) mass is 555 g/mol. The van der Waals surface area contributed by atoms with Crippen LogP contribution in [-0.4, -0.2) is 31.1 Å². The first-order chi connectivity index (χ1) is 17.8. The predicted octanol–water partition coefficient (Wildman–Crippen LogP) is 5.83. The van der Waals surface area contributed by atoms with Gasteiger partial charge in [0.25, 0.3) is 0 Å². The Kier molecular flexibility index (Phi) is 8.08. The van der Waals surface area contributed by atoms with Crippen molar-refractivity contribution in [1.29, 1.82) is 0 Å². The lowest BCUT2D eigenvalue weighted by molar-refractivity contribution is -0.136. The number of halogens is 2. The Morgan fingerprint density at radius 3 is 2.49 bits per heavy atom. The van der Waals surface area contributed by atoms with Crippen LogP contribution in [0.15, 0.2) is 65.8 Å². The number of methoxy groups -OCH3 is 1. The molecule has 0 saturated heterocycles. The maximum atomic E-state index is 12.8. The number of esters is 1. The molecule has 0 aliphatic heterocycles. The molecule has 2 amide bonds. The number of hydrogen-bond donors (Lipinski definition) is 2. The van der Waals surface area contributed by atoms with Gasteiger partial charge >= 0.3 is 17.8 Å². The number of amides is 2. The standard InChI is InChI=1S/C26H19Cl2N3O5S/c1-14-7-9-16(12-18(14)27)30-24(32)25(33)31-29-13-15-8-10-19(20(11-15)35-2)36-26(34)23-22(28)17-5-3-4-6-21(17)37-23/h3-13H,1-2H3,(H,30,32)(H,31,33)/b29-13+. The molecular formula is C26H19Cl2N3O5S. The number of hydrogen-bond acceptors (Lipinski definition) is 7. The summed E-state index contributed by atoms with van der Waals surface area (Å²) in [6.07, 6.45) is 1.31. The van der Waals surface area contributed by atoms with Crippen molar-refractivity contribution in [2.24, 2.45) is 5.10 Å². The smallest absolute Gasteiger partial charge is 0.355 e. The van der Waals surface area contributed by atoms with Gasteiger partial charge in [0.15, 0.2) is 11.5 Å². The maximum absolute atomic E-state index is 12.8. The van der Waals surface area contributed by atoms with E-state index in [-0.39, 0.29) is 16.4 Å². The van der Waals surface area contributed by atoms with Gasteiger partial charge in [0.1, 0.15) is 4.88 Å². The molecule has 0 bridgehead atoms. The first-order valence-electron chi connectivity index (χ1n) is 10.7. The highest BCUT2D eigenvalue weighted by Gasteiger charge is 2.20. The lowest BCUT2D eigenvalue weighted by Gasteiger charge is -2.09. The summed E-state index contributed by atoms with van der Waals surface area (Å²) in [6.45, 7) is 1.82. The van der Waals surface area contributed by atoms with Crippen molar-refractivity contribution in [3.63, 3.8) is 0 Å². The second kappa shape index (κ2) is 11.4. The highest BCUT2D eigenvalue weighted by molar-refractivity contribution is 7.21. The lowest BCUT2D eigenvalue weighted by atomic mass is 10.2. The zero-order chi connectivity index (χ0) is 26.5. The summed E-state index contributed by atoms with van der Waals surface area (Å²) in [5.41, 5.74) is 3.89. The Hall–Kier alpha value is -3.92. The van der Waals surface area contributed by atoms with Gasteiger partial charge in [-0.3, -0.25) is 9.59 Å². The largest absolute Gasteiger partial charge is 0.493 e. The SMILES string of the molecule is COc1cc(/C=N/NC(=O)C(=O)Nc2ccc(C)c(Cl)c2)ccc1OC(=O)c1sc2ccccc2c1Cl. The average molecular weight is 556 g/mol. The van der Waals surface area contributed by atoms with Crippen LogP contribution in [0.2, 0.25) is 10.0 Å². The molecule has 4 aromatic rings. The van der Waals surface area contributed by atoms with Crippen LogP contribution >= 0.6 is 34.5 Å². The Morgan fingerprint density at radius 2 is 1.76 bits per heavy atom. The van der Waals surface area contributed by atoms with E-state index in [0.717, 1.165) is 15.6 Å². The zero-order valence-electron chi connectivity index (χ0n) is 19.5. The number of thiophene rings is 1. The highest BCUT2D eigenvalue weighted by atomic mass is 35.5. The molecule has 0 aliphatic carbocycles. The third kappa shape index (κ3) is 6.08. The first kappa shape index (κ1) is 26.2.